The number of nitrogens with zero attached hydrogens (tertiary/aromatic N) is 4. The number of benzene rings is 1. The van der Waals surface area contributed by atoms with E-state index in [1.165, 1.54) is 10.7 Å². The maximum Gasteiger partial charge on any atom is 0.266 e. The van der Waals surface area contributed by atoms with Crippen molar-refractivity contribution in [3.63, 3.8) is 0 Å². The van der Waals surface area contributed by atoms with Gasteiger partial charge in [0.25, 0.3) is 11.5 Å². The highest BCUT2D eigenvalue weighted by molar-refractivity contribution is 6.09. The van der Waals surface area contributed by atoms with Gasteiger partial charge in [0.1, 0.15) is 5.75 Å². The van der Waals surface area contributed by atoms with Crippen molar-refractivity contribution in [2.45, 2.75) is 34.4 Å². The molecule has 4 rings (SSSR count). The Morgan fingerprint density at radius 1 is 1.00 bits per heavy atom. The second-order valence-corrected chi connectivity index (χ2v) is 6.32. The van der Waals surface area contributed by atoms with E-state index in [0.717, 1.165) is 17.0 Å². The number of carbonyl (C=O) groups is 1. The van der Waals surface area contributed by atoms with Crippen LogP contribution in [0.3, 0.4) is 0 Å². The van der Waals surface area contributed by atoms with E-state index in [-0.39, 0.29) is 18.9 Å². The maximum atomic E-state index is 12.2. The number of aromatic nitrogens is 3. The quantitative estimate of drug-likeness (QED) is 0.613. The molecule has 3 aromatic rings. The molecule has 2 aromatic heterocycles. The third kappa shape index (κ3) is 6.49. The predicted octanol–water partition coefficient (Wildman–Crippen LogP) is 3.84. The minimum absolute atomic E-state index is 0. The zero-order valence-electron chi connectivity index (χ0n) is 18.5. The molecule has 8 heteroatoms. The number of pyridine rings is 1. The minimum atomic E-state index is -0.192. The Bertz CT molecular complexity index is 1050. The summed E-state index contributed by atoms with van der Waals surface area (Å²) >= 11 is 0. The Balaban J connectivity index is 0.000000318. The van der Waals surface area contributed by atoms with Gasteiger partial charge in [0.15, 0.2) is 5.82 Å². The molecule has 0 atom stereocenters. The summed E-state index contributed by atoms with van der Waals surface area (Å²) < 4.78 is 11.1. The van der Waals surface area contributed by atoms with Gasteiger partial charge in [-0.05, 0) is 29.8 Å². The first-order valence-corrected chi connectivity index (χ1v) is 9.95. The van der Waals surface area contributed by atoms with Crippen LogP contribution in [0.15, 0.2) is 59.5 Å². The number of carbonyl (C=O) groups excluding carboxylic acids is 1. The smallest absolute Gasteiger partial charge is 0.266 e. The predicted molar refractivity (Wildman–Crippen MR) is 126 cm³/mol. The molecule has 0 aliphatic carbocycles. The molecule has 0 unspecified atom stereocenters. The summed E-state index contributed by atoms with van der Waals surface area (Å²) in [6.45, 7) is 5.05. The Morgan fingerprint density at radius 2 is 1.72 bits per heavy atom. The molecule has 0 N–H and O–H groups in total. The van der Waals surface area contributed by atoms with E-state index in [4.69, 9.17) is 9.47 Å². The van der Waals surface area contributed by atoms with Crippen LogP contribution in [0.2, 0.25) is 0 Å². The zero-order valence-corrected chi connectivity index (χ0v) is 18.5. The van der Waals surface area contributed by atoms with Gasteiger partial charge < -0.3 is 9.47 Å². The van der Waals surface area contributed by atoms with Crippen LogP contribution in [-0.2, 0) is 24.9 Å². The molecule has 0 saturated carbocycles. The lowest BCUT2D eigenvalue weighted by Gasteiger charge is -2.14. The van der Waals surface area contributed by atoms with Gasteiger partial charge in [-0.2, -0.15) is 5.10 Å². The van der Waals surface area contributed by atoms with Crippen LogP contribution in [0.4, 0.5) is 5.82 Å². The highest BCUT2D eigenvalue weighted by Crippen LogP contribution is 2.25. The van der Waals surface area contributed by atoms with Crippen molar-refractivity contribution in [2.24, 2.45) is 7.05 Å². The van der Waals surface area contributed by atoms with E-state index in [1.54, 1.807) is 44.5 Å². The number of aryl methyl sites for hydroxylation is 1. The lowest BCUT2D eigenvalue weighted by molar-refractivity contribution is 0.0995. The lowest BCUT2D eigenvalue weighted by atomic mass is 10.1. The molecule has 1 aliphatic heterocycles. The number of fused-ring (bicyclic) bond motifs is 1. The molecule has 0 fully saturated rings. The third-order valence-electron chi connectivity index (χ3n) is 4.37. The normalized spacial score (nSPS) is 11.3. The molecule has 1 aromatic carbocycles. The van der Waals surface area contributed by atoms with Gasteiger partial charge in [-0.15, -0.1) is 0 Å². The number of ether oxygens (including phenoxy) is 2. The summed E-state index contributed by atoms with van der Waals surface area (Å²) in [4.78, 5) is 29.1. The molecule has 32 heavy (non-hydrogen) atoms. The van der Waals surface area contributed by atoms with Crippen LogP contribution in [-0.4, -0.2) is 34.9 Å². The second kappa shape index (κ2) is 13.0. The number of rotatable bonds is 4. The summed E-state index contributed by atoms with van der Waals surface area (Å²) in [7, 11) is 4.83. The van der Waals surface area contributed by atoms with Gasteiger partial charge >= 0.3 is 0 Å². The van der Waals surface area contributed by atoms with Crippen LogP contribution in [0.25, 0.3) is 0 Å². The second-order valence-electron chi connectivity index (χ2n) is 6.32. The molecule has 1 amide bonds. The maximum absolute atomic E-state index is 12.2. The van der Waals surface area contributed by atoms with Crippen molar-refractivity contribution >= 4 is 11.7 Å². The molecule has 0 spiro atoms. The van der Waals surface area contributed by atoms with E-state index in [9.17, 15) is 9.59 Å². The van der Waals surface area contributed by atoms with Gasteiger partial charge in [-0.1, -0.05) is 39.5 Å². The first kappa shape index (κ1) is 26.5. The summed E-state index contributed by atoms with van der Waals surface area (Å²) in [5, 5.41) is 4.10. The number of hydrogen-bond acceptors (Lipinski definition) is 6. The third-order valence-corrected chi connectivity index (χ3v) is 4.37. The molecule has 0 saturated heterocycles. The Kier molecular flexibility index (Phi) is 10.8. The van der Waals surface area contributed by atoms with Crippen LogP contribution < -0.4 is 15.2 Å². The van der Waals surface area contributed by atoms with E-state index >= 15 is 0 Å². The summed E-state index contributed by atoms with van der Waals surface area (Å²) in [6, 6.07) is 14.2. The highest BCUT2D eigenvalue weighted by Gasteiger charge is 2.28. The topological polar surface area (TPSA) is 86.6 Å². The van der Waals surface area contributed by atoms with E-state index in [2.05, 4.69) is 10.1 Å². The summed E-state index contributed by atoms with van der Waals surface area (Å²) in [6.07, 6.45) is 1.67. The van der Waals surface area contributed by atoms with Gasteiger partial charge in [-0.25, -0.2) is 4.68 Å². The average Bonchev–Trinajstić information content (AvgIpc) is 3.15. The largest absolute Gasteiger partial charge is 0.495 e. The average molecular weight is 441 g/mol. The van der Waals surface area contributed by atoms with Gasteiger partial charge in [-0.3, -0.25) is 19.5 Å². The molecule has 1 aliphatic rings. The van der Waals surface area contributed by atoms with E-state index in [1.807, 2.05) is 44.2 Å². The first-order valence-electron chi connectivity index (χ1n) is 9.95. The number of anilines is 1. The first-order chi connectivity index (χ1) is 15.0. The van der Waals surface area contributed by atoms with Crippen molar-refractivity contribution < 1.29 is 14.3 Å². The van der Waals surface area contributed by atoms with Crippen LogP contribution >= 0.6 is 0 Å². The molecule has 0 bridgehead atoms. The monoisotopic (exact) mass is 440 g/mol. The lowest BCUT2D eigenvalue weighted by Crippen LogP contribution is -2.28. The van der Waals surface area contributed by atoms with Crippen molar-refractivity contribution in [3.8, 4) is 5.75 Å². The van der Waals surface area contributed by atoms with Crippen molar-refractivity contribution in [1.82, 2.24) is 14.8 Å². The van der Waals surface area contributed by atoms with E-state index < -0.39 is 0 Å². The SMILES string of the molecule is C.CC.COCc1ccc(OC)cn1.Cn1nc(N2Cc3ccccc3C2=O)ccc1=O. The fourth-order valence-corrected chi connectivity index (χ4v) is 2.84. The van der Waals surface area contributed by atoms with Crippen molar-refractivity contribution in [1.29, 1.82) is 0 Å². The molecular formula is C24H32N4O4. The number of hydrogen-bond donors (Lipinski definition) is 0. The zero-order chi connectivity index (χ0) is 22.8. The standard InChI is InChI=1S/C13H11N3O2.C8H11NO2.C2H6.CH4/c1-15-12(17)7-6-11(14-15)16-8-9-4-2-3-5-10(9)13(16)18;1-10-6-7-3-4-8(11-2)5-9-7;1-2;/h2-7H,8H2,1H3;3-5H,6H2,1-2H3;1-2H3;1H4. The fraction of sp³-hybridized carbons (Fsp3) is 0.333. The van der Waals surface area contributed by atoms with Gasteiger partial charge in [0.05, 0.1) is 32.2 Å². The number of amides is 1. The Morgan fingerprint density at radius 3 is 2.28 bits per heavy atom. The van der Waals surface area contributed by atoms with Crippen molar-refractivity contribution in [3.05, 3.63) is 81.9 Å². The van der Waals surface area contributed by atoms with Crippen LogP contribution in [0.5, 0.6) is 5.75 Å². The van der Waals surface area contributed by atoms with Gasteiger partial charge in [0.2, 0.25) is 0 Å². The fourth-order valence-electron chi connectivity index (χ4n) is 2.84. The molecule has 8 nitrogen and oxygen atoms in total. The van der Waals surface area contributed by atoms with Crippen LogP contribution in [0, 0.1) is 0 Å². The highest BCUT2D eigenvalue weighted by atomic mass is 16.5. The Labute approximate surface area is 189 Å². The van der Waals surface area contributed by atoms with E-state index in [0.29, 0.717) is 24.5 Å². The molecule has 172 valence electrons. The summed E-state index contributed by atoms with van der Waals surface area (Å²) in [5.74, 6) is 1.19. The van der Waals surface area contributed by atoms with Crippen molar-refractivity contribution in [2.75, 3.05) is 19.1 Å². The number of methoxy groups -OCH3 is 2. The van der Waals surface area contributed by atoms with Gasteiger partial charge in [0, 0.05) is 25.8 Å². The molecular weight excluding hydrogens is 408 g/mol. The minimum Gasteiger partial charge on any atom is -0.495 e. The van der Waals surface area contributed by atoms with Crippen LogP contribution in [0.1, 0.15) is 42.9 Å². The summed E-state index contributed by atoms with van der Waals surface area (Å²) in [5.41, 5.74) is 2.41. The Hall–Kier alpha value is -3.52. The molecule has 3 heterocycles. The molecule has 0 radical (unpaired) electrons.